The highest BCUT2D eigenvalue weighted by atomic mass is 35.5. The third-order valence-corrected chi connectivity index (χ3v) is 5.83. The van der Waals surface area contributed by atoms with Gasteiger partial charge in [0, 0.05) is 35.4 Å². The zero-order valence-corrected chi connectivity index (χ0v) is 16.6. The molecular weight excluding hydrogens is 374 g/mol. The molecule has 0 aromatic heterocycles. The van der Waals surface area contributed by atoms with Gasteiger partial charge in [0.15, 0.2) is 5.78 Å². The second-order valence-corrected chi connectivity index (χ2v) is 7.99. The average molecular weight is 398 g/mol. The van der Waals surface area contributed by atoms with E-state index < -0.39 is 0 Å². The Labute approximate surface area is 170 Å². The summed E-state index contributed by atoms with van der Waals surface area (Å²) in [7, 11) is 0. The van der Waals surface area contributed by atoms with E-state index in [1.807, 2.05) is 24.3 Å². The molecule has 1 N–H and O–H groups in total. The standard InChI is InChI=1S/C23H24ClNO3/c24-18-7-9-22-19(14-18)20(11-12-28-22)25-23(27)10-8-21(26)17-6-5-15-3-1-2-4-16(15)13-17/h5-7,9,13-14,20H,1-4,8,10-12H2,(H,25,27). The van der Waals surface area contributed by atoms with Gasteiger partial charge in [0.25, 0.3) is 0 Å². The number of hydrogen-bond donors (Lipinski definition) is 1. The lowest BCUT2D eigenvalue weighted by atomic mass is 9.89. The van der Waals surface area contributed by atoms with Gasteiger partial charge >= 0.3 is 0 Å². The third kappa shape index (κ3) is 4.22. The van der Waals surface area contributed by atoms with Gasteiger partial charge in [-0.25, -0.2) is 0 Å². The summed E-state index contributed by atoms with van der Waals surface area (Å²) in [6.07, 6.45) is 5.65. The van der Waals surface area contributed by atoms with Gasteiger partial charge in [-0.05, 0) is 61.1 Å². The number of nitrogens with one attached hydrogen (secondary N) is 1. The number of benzene rings is 2. The van der Waals surface area contributed by atoms with Gasteiger partial charge in [0.2, 0.25) is 5.91 Å². The number of amides is 1. The van der Waals surface area contributed by atoms with Crippen LogP contribution in [0.2, 0.25) is 5.02 Å². The second kappa shape index (κ2) is 8.36. The topological polar surface area (TPSA) is 55.4 Å². The number of hydrogen-bond acceptors (Lipinski definition) is 3. The molecule has 1 aliphatic carbocycles. The predicted octanol–water partition coefficient (Wildman–Crippen LogP) is 4.82. The molecule has 0 radical (unpaired) electrons. The monoisotopic (exact) mass is 397 g/mol. The molecule has 28 heavy (non-hydrogen) atoms. The molecule has 2 aromatic carbocycles. The summed E-state index contributed by atoms with van der Waals surface area (Å²) < 4.78 is 5.63. The summed E-state index contributed by atoms with van der Waals surface area (Å²) in [5.74, 6) is 0.661. The minimum absolute atomic E-state index is 0.0268. The number of carbonyl (C=O) groups is 2. The van der Waals surface area contributed by atoms with Crippen molar-refractivity contribution in [1.82, 2.24) is 5.32 Å². The number of ketones is 1. The van der Waals surface area contributed by atoms with Crippen LogP contribution in [-0.4, -0.2) is 18.3 Å². The lowest BCUT2D eigenvalue weighted by Gasteiger charge is -2.27. The van der Waals surface area contributed by atoms with E-state index in [2.05, 4.69) is 11.4 Å². The molecule has 5 heteroatoms. The Bertz CT molecular complexity index is 909. The van der Waals surface area contributed by atoms with Crippen LogP contribution in [0.15, 0.2) is 36.4 Å². The summed E-state index contributed by atoms with van der Waals surface area (Å²) in [6, 6.07) is 11.3. The van der Waals surface area contributed by atoms with Gasteiger partial charge in [-0.2, -0.15) is 0 Å². The van der Waals surface area contributed by atoms with Crippen molar-refractivity contribution < 1.29 is 14.3 Å². The van der Waals surface area contributed by atoms with Gasteiger partial charge in [0.05, 0.1) is 12.6 Å². The molecule has 1 atom stereocenters. The average Bonchev–Trinajstić information content (AvgIpc) is 2.72. The highest BCUT2D eigenvalue weighted by Gasteiger charge is 2.23. The summed E-state index contributed by atoms with van der Waals surface area (Å²) >= 11 is 6.09. The molecule has 1 aliphatic heterocycles. The Morgan fingerprint density at radius 2 is 1.86 bits per heavy atom. The summed E-state index contributed by atoms with van der Waals surface area (Å²) in [6.45, 7) is 0.549. The first-order valence-electron chi connectivity index (χ1n) is 9.97. The minimum atomic E-state index is -0.131. The minimum Gasteiger partial charge on any atom is -0.493 e. The maximum Gasteiger partial charge on any atom is 0.220 e. The zero-order valence-electron chi connectivity index (χ0n) is 15.8. The Balaban J connectivity index is 1.35. The van der Waals surface area contributed by atoms with Gasteiger partial charge < -0.3 is 10.1 Å². The van der Waals surface area contributed by atoms with Gasteiger partial charge in [-0.1, -0.05) is 23.7 Å². The van der Waals surface area contributed by atoms with E-state index in [1.54, 1.807) is 6.07 Å². The van der Waals surface area contributed by atoms with Crippen molar-refractivity contribution in [2.45, 2.75) is 51.0 Å². The molecule has 4 nitrogen and oxygen atoms in total. The van der Waals surface area contributed by atoms with Crippen LogP contribution in [0.25, 0.3) is 0 Å². The number of rotatable bonds is 5. The van der Waals surface area contributed by atoms with Gasteiger partial charge in [0.1, 0.15) is 5.75 Å². The van der Waals surface area contributed by atoms with Crippen LogP contribution in [0.1, 0.15) is 65.2 Å². The van der Waals surface area contributed by atoms with E-state index in [1.165, 1.54) is 24.0 Å². The van der Waals surface area contributed by atoms with Crippen molar-refractivity contribution in [3.05, 3.63) is 63.7 Å². The molecule has 0 fully saturated rings. The fourth-order valence-corrected chi connectivity index (χ4v) is 4.24. The van der Waals surface area contributed by atoms with Crippen molar-refractivity contribution >= 4 is 23.3 Å². The number of aryl methyl sites for hydroxylation is 2. The zero-order chi connectivity index (χ0) is 19.5. The van der Waals surface area contributed by atoms with E-state index >= 15 is 0 Å². The number of ether oxygens (including phenoxy) is 1. The lowest BCUT2D eigenvalue weighted by molar-refractivity contribution is -0.122. The van der Waals surface area contributed by atoms with Crippen LogP contribution >= 0.6 is 11.6 Å². The van der Waals surface area contributed by atoms with Crippen LogP contribution in [0.5, 0.6) is 5.75 Å². The second-order valence-electron chi connectivity index (χ2n) is 7.55. The van der Waals surface area contributed by atoms with Gasteiger partial charge in [-0.15, -0.1) is 0 Å². The van der Waals surface area contributed by atoms with E-state index in [9.17, 15) is 9.59 Å². The molecular formula is C23H24ClNO3. The van der Waals surface area contributed by atoms with Crippen LogP contribution in [0.3, 0.4) is 0 Å². The first-order valence-corrected chi connectivity index (χ1v) is 10.3. The molecule has 0 saturated heterocycles. The fourth-order valence-electron chi connectivity index (χ4n) is 4.06. The van der Waals surface area contributed by atoms with E-state index in [0.717, 1.165) is 29.7 Å². The summed E-state index contributed by atoms with van der Waals surface area (Å²) in [5, 5.41) is 3.65. The molecule has 1 amide bonds. The van der Waals surface area contributed by atoms with Crippen molar-refractivity contribution in [3.8, 4) is 5.75 Å². The maximum atomic E-state index is 12.6. The Hall–Kier alpha value is -2.33. The van der Waals surface area contributed by atoms with Crippen molar-refractivity contribution in [1.29, 1.82) is 0 Å². The van der Waals surface area contributed by atoms with Crippen molar-refractivity contribution in [2.24, 2.45) is 0 Å². The van der Waals surface area contributed by atoms with Gasteiger partial charge in [-0.3, -0.25) is 9.59 Å². The first kappa shape index (κ1) is 19.0. The number of fused-ring (bicyclic) bond motifs is 2. The van der Waals surface area contributed by atoms with Crippen LogP contribution in [-0.2, 0) is 17.6 Å². The lowest BCUT2D eigenvalue weighted by Crippen LogP contribution is -2.32. The number of halogens is 1. The SMILES string of the molecule is O=C(CCC(=O)c1ccc2c(c1)CCCC2)NC1CCOc2ccc(Cl)cc21. The van der Waals surface area contributed by atoms with E-state index in [-0.39, 0.29) is 30.6 Å². The Morgan fingerprint density at radius 1 is 1.04 bits per heavy atom. The summed E-state index contributed by atoms with van der Waals surface area (Å²) in [4.78, 5) is 25.0. The van der Waals surface area contributed by atoms with Crippen LogP contribution in [0.4, 0.5) is 0 Å². The number of Topliss-reactive ketones (excluding diaryl/α,β-unsaturated/α-hetero) is 1. The predicted molar refractivity (Wildman–Crippen MR) is 109 cm³/mol. The first-order chi connectivity index (χ1) is 13.6. The Kier molecular flexibility index (Phi) is 5.67. The normalized spacial score (nSPS) is 17.8. The van der Waals surface area contributed by atoms with E-state index in [0.29, 0.717) is 18.1 Å². The van der Waals surface area contributed by atoms with Crippen LogP contribution in [0, 0.1) is 0 Å². The molecule has 0 spiro atoms. The highest BCUT2D eigenvalue weighted by Crippen LogP contribution is 2.34. The molecule has 2 aliphatic rings. The summed E-state index contributed by atoms with van der Waals surface area (Å²) in [5.41, 5.74) is 4.26. The molecule has 1 heterocycles. The quantitative estimate of drug-likeness (QED) is 0.736. The molecule has 0 saturated carbocycles. The largest absolute Gasteiger partial charge is 0.493 e. The molecule has 146 valence electrons. The molecule has 1 unspecified atom stereocenters. The van der Waals surface area contributed by atoms with Crippen LogP contribution < -0.4 is 10.1 Å². The highest BCUT2D eigenvalue weighted by molar-refractivity contribution is 6.30. The molecule has 0 bridgehead atoms. The fraction of sp³-hybridized carbons (Fsp3) is 0.391. The molecule has 2 aromatic rings. The number of carbonyl (C=O) groups excluding carboxylic acids is 2. The third-order valence-electron chi connectivity index (χ3n) is 5.60. The smallest absolute Gasteiger partial charge is 0.220 e. The Morgan fingerprint density at radius 3 is 2.71 bits per heavy atom. The van der Waals surface area contributed by atoms with E-state index in [4.69, 9.17) is 16.3 Å². The molecule has 4 rings (SSSR count). The van der Waals surface area contributed by atoms with Crippen molar-refractivity contribution in [3.63, 3.8) is 0 Å². The maximum absolute atomic E-state index is 12.6. The van der Waals surface area contributed by atoms with Crippen molar-refractivity contribution in [2.75, 3.05) is 6.61 Å².